The largest absolute Gasteiger partial charge is 0.342 e. The van der Waals surface area contributed by atoms with Gasteiger partial charge in [0.05, 0.1) is 12.2 Å². The second-order valence-electron chi connectivity index (χ2n) is 14.4. The summed E-state index contributed by atoms with van der Waals surface area (Å²) in [6.07, 6.45) is 7.88. The number of imidazole rings is 1. The van der Waals surface area contributed by atoms with E-state index in [1.807, 2.05) is 53.7 Å². The van der Waals surface area contributed by atoms with E-state index in [4.69, 9.17) is 16.6 Å². The van der Waals surface area contributed by atoms with Crippen LogP contribution < -0.4 is 4.90 Å². The first kappa shape index (κ1) is 33.0. The van der Waals surface area contributed by atoms with Gasteiger partial charge in [-0.2, -0.15) is 0 Å². The minimum absolute atomic E-state index is 0.0214. The van der Waals surface area contributed by atoms with Gasteiger partial charge < -0.3 is 19.3 Å². The number of benzene rings is 1. The molecule has 5 heterocycles. The first-order valence-electron chi connectivity index (χ1n) is 17.5. The Hall–Kier alpha value is -2.91. The lowest BCUT2D eigenvalue weighted by atomic mass is 9.94. The van der Waals surface area contributed by atoms with Gasteiger partial charge in [-0.3, -0.25) is 19.3 Å². The number of likely N-dealkylation sites (tertiary alicyclic amines) is 1. The van der Waals surface area contributed by atoms with Gasteiger partial charge in [0.15, 0.2) is 0 Å². The molecule has 0 N–H and O–H groups in total. The van der Waals surface area contributed by atoms with Crippen molar-refractivity contribution in [3.63, 3.8) is 0 Å². The Morgan fingerprint density at radius 3 is 2.30 bits per heavy atom. The van der Waals surface area contributed by atoms with Crippen molar-refractivity contribution in [2.45, 2.75) is 111 Å². The fourth-order valence-corrected chi connectivity index (χ4v) is 8.75. The molecule has 0 spiro atoms. The van der Waals surface area contributed by atoms with Crippen molar-refractivity contribution >= 4 is 35.0 Å². The number of nitrogens with zero attached hydrogens (tertiary/aromatic N) is 6. The minimum Gasteiger partial charge on any atom is -0.342 e. The Bertz CT molecular complexity index is 1450. The van der Waals surface area contributed by atoms with E-state index >= 15 is 0 Å². The van der Waals surface area contributed by atoms with Crippen LogP contribution in [0.15, 0.2) is 18.2 Å². The number of rotatable bonds is 8. The molecule has 250 valence electrons. The Labute approximate surface area is 279 Å². The van der Waals surface area contributed by atoms with Crippen molar-refractivity contribution in [1.29, 1.82) is 0 Å². The molecule has 2 aromatic rings. The molecule has 3 atom stereocenters. The Balaban J connectivity index is 1.10. The molecule has 3 saturated heterocycles. The summed E-state index contributed by atoms with van der Waals surface area (Å²) in [6, 6.07) is 7.50. The first-order valence-corrected chi connectivity index (χ1v) is 17.8. The number of hydrogen-bond donors (Lipinski definition) is 0. The summed E-state index contributed by atoms with van der Waals surface area (Å²) >= 11 is 6.55. The summed E-state index contributed by atoms with van der Waals surface area (Å²) < 4.78 is 2.51. The quantitative estimate of drug-likeness (QED) is 0.375. The maximum Gasteiger partial charge on any atom is 0.230 e. The molecule has 4 aliphatic rings. The smallest absolute Gasteiger partial charge is 0.230 e. The zero-order chi connectivity index (χ0) is 32.7. The molecule has 10 heteroatoms. The van der Waals surface area contributed by atoms with Gasteiger partial charge in [-0.25, -0.2) is 4.98 Å². The second-order valence-corrected chi connectivity index (χ2v) is 14.8. The average Bonchev–Trinajstić information content (AvgIpc) is 3.49. The van der Waals surface area contributed by atoms with Crippen LogP contribution in [0.5, 0.6) is 0 Å². The zero-order valence-electron chi connectivity index (χ0n) is 28.3. The van der Waals surface area contributed by atoms with Gasteiger partial charge in [-0.15, -0.1) is 0 Å². The lowest BCUT2D eigenvalue weighted by Gasteiger charge is -2.41. The predicted molar refractivity (Wildman–Crippen MR) is 181 cm³/mol. The normalized spacial score (nSPS) is 23.6. The number of halogens is 1. The highest BCUT2D eigenvalue weighted by Gasteiger charge is 2.42. The van der Waals surface area contributed by atoms with Crippen molar-refractivity contribution in [2.75, 3.05) is 37.6 Å². The fourth-order valence-electron chi connectivity index (χ4n) is 8.57. The highest BCUT2D eigenvalue weighted by atomic mass is 35.5. The molecule has 1 aromatic carbocycles. The van der Waals surface area contributed by atoms with Gasteiger partial charge in [0.1, 0.15) is 5.82 Å². The summed E-state index contributed by atoms with van der Waals surface area (Å²) in [5, 5.41) is 0.679. The third-order valence-corrected chi connectivity index (χ3v) is 11.5. The topological polar surface area (TPSA) is 82.0 Å². The number of anilines is 1. The molecule has 4 aliphatic heterocycles. The van der Waals surface area contributed by atoms with Gasteiger partial charge in [0.2, 0.25) is 17.7 Å². The summed E-state index contributed by atoms with van der Waals surface area (Å²) in [7, 11) is 0. The Morgan fingerprint density at radius 1 is 0.978 bits per heavy atom. The molecule has 9 nitrogen and oxygen atoms in total. The minimum atomic E-state index is -0.0879. The molecule has 3 fully saturated rings. The van der Waals surface area contributed by atoms with Crippen LogP contribution in [0.3, 0.4) is 0 Å². The molecule has 46 heavy (non-hydrogen) atoms. The summed E-state index contributed by atoms with van der Waals surface area (Å²) in [5.74, 6) is 1.43. The van der Waals surface area contributed by atoms with Gasteiger partial charge in [0.25, 0.3) is 0 Å². The van der Waals surface area contributed by atoms with Gasteiger partial charge >= 0.3 is 0 Å². The summed E-state index contributed by atoms with van der Waals surface area (Å²) in [6.45, 7) is 13.9. The first-order chi connectivity index (χ1) is 22.0. The van der Waals surface area contributed by atoms with Crippen molar-refractivity contribution < 1.29 is 14.4 Å². The Kier molecular flexibility index (Phi) is 9.81. The zero-order valence-corrected chi connectivity index (χ0v) is 29.1. The van der Waals surface area contributed by atoms with E-state index in [9.17, 15) is 14.4 Å². The van der Waals surface area contributed by atoms with E-state index in [-0.39, 0.29) is 29.6 Å². The lowest BCUT2D eigenvalue weighted by Crippen LogP contribution is -2.47. The Morgan fingerprint density at radius 2 is 1.67 bits per heavy atom. The molecule has 2 bridgehead atoms. The van der Waals surface area contributed by atoms with Gasteiger partial charge in [-0.05, 0) is 76.5 Å². The number of aromatic nitrogens is 2. The predicted octanol–water partition coefficient (Wildman–Crippen LogP) is 5.54. The molecule has 0 saturated carbocycles. The lowest BCUT2D eigenvalue weighted by molar-refractivity contribution is -0.137. The van der Waals surface area contributed by atoms with Crippen molar-refractivity contribution in [2.24, 2.45) is 11.8 Å². The highest BCUT2D eigenvalue weighted by Crippen LogP contribution is 2.42. The molecular weight excluding hydrogens is 600 g/mol. The third kappa shape index (κ3) is 6.59. The van der Waals surface area contributed by atoms with Crippen LogP contribution >= 0.6 is 11.6 Å². The number of fused-ring (bicyclic) bond motifs is 3. The second kappa shape index (κ2) is 13.7. The molecule has 1 aromatic heterocycles. The molecule has 1 unspecified atom stereocenters. The van der Waals surface area contributed by atoms with E-state index in [1.54, 1.807) is 6.92 Å². The number of hydrogen-bond acceptors (Lipinski definition) is 5. The van der Waals surface area contributed by atoms with E-state index in [0.717, 1.165) is 61.5 Å². The van der Waals surface area contributed by atoms with Gasteiger partial charge in [-0.1, -0.05) is 31.5 Å². The number of amides is 3. The van der Waals surface area contributed by atoms with E-state index < -0.39 is 0 Å². The van der Waals surface area contributed by atoms with Crippen molar-refractivity contribution in [3.8, 4) is 0 Å². The van der Waals surface area contributed by atoms with Crippen molar-refractivity contribution in [3.05, 3.63) is 46.0 Å². The van der Waals surface area contributed by atoms with E-state index in [1.165, 1.54) is 18.5 Å². The SMILES string of the molecule is CC(=O)N1CCc2c(nc(C)n2C2C[C@H]3CC[C@@H](C2)N3CCCN(C(=O)C2CCN(C(=O)C(C)C)CC2)c2ccc(C)c(Cl)c2)C1. The standard InChI is InChI=1S/C36H51ClN6O3/c1-23(2)35(45)39-16-11-27(12-17-39)36(46)42(30-8-7-24(3)32(37)21-30)15-6-14-41-28-9-10-29(41)20-31(19-28)43-25(4)38-33-22-40(26(5)44)18-13-34(33)43/h7-8,21,23,27-29,31H,6,9-20,22H2,1-5H3/t28-,29+,31?. The molecule has 0 radical (unpaired) electrons. The van der Waals surface area contributed by atoms with Crippen LogP contribution in [0.4, 0.5) is 5.69 Å². The molecular formula is C36H51ClN6O3. The summed E-state index contributed by atoms with van der Waals surface area (Å²) in [5.41, 5.74) is 4.28. The maximum atomic E-state index is 14.0. The van der Waals surface area contributed by atoms with Crippen LogP contribution in [0, 0.1) is 25.7 Å². The third-order valence-electron chi connectivity index (χ3n) is 11.1. The van der Waals surface area contributed by atoms with E-state index in [2.05, 4.69) is 16.4 Å². The van der Waals surface area contributed by atoms with Crippen LogP contribution in [0.1, 0.15) is 94.5 Å². The van der Waals surface area contributed by atoms with E-state index in [0.29, 0.717) is 62.2 Å². The van der Waals surface area contributed by atoms with Crippen LogP contribution in [0.2, 0.25) is 5.02 Å². The molecule has 0 aliphatic carbocycles. The van der Waals surface area contributed by atoms with Crippen molar-refractivity contribution in [1.82, 2.24) is 24.3 Å². The average molecular weight is 651 g/mol. The van der Waals surface area contributed by atoms with Gasteiger partial charge in [0, 0.05) is 92.4 Å². The molecule has 6 rings (SSSR count). The van der Waals surface area contributed by atoms with Crippen LogP contribution in [0.25, 0.3) is 0 Å². The monoisotopic (exact) mass is 650 g/mol. The van der Waals surface area contributed by atoms with Crippen LogP contribution in [-0.2, 0) is 27.3 Å². The number of aryl methyl sites for hydroxylation is 2. The highest BCUT2D eigenvalue weighted by molar-refractivity contribution is 6.31. The van der Waals surface area contributed by atoms with Crippen LogP contribution in [-0.4, -0.2) is 86.8 Å². The fraction of sp³-hybridized carbons (Fsp3) is 0.667. The number of carbonyl (C=O) groups excluding carboxylic acids is 3. The molecule has 3 amide bonds. The number of carbonyl (C=O) groups is 3. The number of piperidine rings is 2. The summed E-state index contributed by atoms with van der Waals surface area (Å²) in [4.78, 5) is 52.0. The maximum absolute atomic E-state index is 14.0.